The molecule has 0 bridgehead atoms. The van der Waals surface area contributed by atoms with Gasteiger partial charge in [0.15, 0.2) is 0 Å². The topological polar surface area (TPSA) is 46.2 Å². The summed E-state index contributed by atoms with van der Waals surface area (Å²) in [5, 5.41) is 9.68. The second-order valence-electron chi connectivity index (χ2n) is 3.91. The quantitative estimate of drug-likeness (QED) is 0.582. The molecule has 1 aliphatic rings. The van der Waals surface area contributed by atoms with Gasteiger partial charge in [-0.25, -0.2) is 0 Å². The predicted molar refractivity (Wildman–Crippen MR) is 60.0 cm³/mol. The summed E-state index contributed by atoms with van der Waals surface area (Å²) in [6.45, 7) is 0. The maximum absolute atomic E-state index is 9.68. The summed E-state index contributed by atoms with van der Waals surface area (Å²) in [5.74, 6) is 0. The van der Waals surface area contributed by atoms with E-state index in [1.165, 1.54) is 0 Å². The number of hydrogen-bond donors (Lipinski definition) is 2. The van der Waals surface area contributed by atoms with Gasteiger partial charge in [0.2, 0.25) is 0 Å². The summed E-state index contributed by atoms with van der Waals surface area (Å²) in [7, 11) is 0. The number of rotatable bonds is 0. The lowest BCUT2D eigenvalue weighted by molar-refractivity contribution is 0.132. The van der Waals surface area contributed by atoms with Gasteiger partial charge in [0, 0.05) is 6.04 Å². The lowest BCUT2D eigenvalue weighted by atomic mass is 10.0. The highest BCUT2D eigenvalue weighted by molar-refractivity contribution is 4.91. The predicted octanol–water partition coefficient (Wildman–Crippen LogP) is 2.14. The lowest BCUT2D eigenvalue weighted by Crippen LogP contribution is -2.34. The van der Waals surface area contributed by atoms with Crippen LogP contribution >= 0.6 is 0 Å². The summed E-state index contributed by atoms with van der Waals surface area (Å²) in [4.78, 5) is 0. The molecule has 0 spiro atoms. The van der Waals surface area contributed by atoms with E-state index in [-0.39, 0.29) is 12.1 Å². The van der Waals surface area contributed by atoms with Crippen LogP contribution in [0, 0.1) is 0 Å². The van der Waals surface area contributed by atoms with Gasteiger partial charge in [-0.15, -0.1) is 0 Å². The Labute approximate surface area is 86.5 Å². The SMILES string of the molecule is NC1CC/C=C\CC/C=C\CCC1O. The van der Waals surface area contributed by atoms with Crippen LogP contribution < -0.4 is 5.73 Å². The van der Waals surface area contributed by atoms with Crippen LogP contribution in [0.2, 0.25) is 0 Å². The molecule has 0 aromatic heterocycles. The molecule has 0 aliphatic heterocycles. The molecule has 80 valence electrons. The van der Waals surface area contributed by atoms with E-state index in [1.54, 1.807) is 0 Å². The van der Waals surface area contributed by atoms with Gasteiger partial charge in [0.1, 0.15) is 0 Å². The fraction of sp³-hybridized carbons (Fsp3) is 0.667. The average Bonchev–Trinajstić information content (AvgIpc) is 2.18. The normalized spacial score (nSPS) is 35.3. The minimum absolute atomic E-state index is 0.0625. The van der Waals surface area contributed by atoms with Crippen molar-refractivity contribution in [2.45, 2.75) is 50.7 Å². The molecule has 0 heterocycles. The standard InChI is InChI=1S/C12H21NO/c13-11-9-7-5-3-1-2-4-6-8-10-12(11)14/h3-6,11-12,14H,1-2,7-10,13H2/b5-3-,6-4-. The molecular weight excluding hydrogens is 174 g/mol. The molecule has 0 fully saturated rings. The Morgan fingerprint density at radius 1 is 0.857 bits per heavy atom. The van der Waals surface area contributed by atoms with Crippen LogP contribution in [-0.4, -0.2) is 17.3 Å². The first kappa shape index (κ1) is 11.5. The second-order valence-corrected chi connectivity index (χ2v) is 3.91. The Morgan fingerprint density at radius 2 is 1.36 bits per heavy atom. The van der Waals surface area contributed by atoms with Crippen molar-refractivity contribution in [3.8, 4) is 0 Å². The van der Waals surface area contributed by atoms with Crippen molar-refractivity contribution < 1.29 is 5.11 Å². The van der Waals surface area contributed by atoms with E-state index in [9.17, 15) is 5.11 Å². The first-order valence-corrected chi connectivity index (χ1v) is 5.54. The van der Waals surface area contributed by atoms with Gasteiger partial charge in [-0.1, -0.05) is 24.3 Å². The van der Waals surface area contributed by atoms with Crippen LogP contribution in [0.1, 0.15) is 38.5 Å². The van der Waals surface area contributed by atoms with E-state index in [0.717, 1.165) is 38.5 Å². The van der Waals surface area contributed by atoms with Crippen LogP contribution in [0.4, 0.5) is 0 Å². The summed E-state index contributed by atoms with van der Waals surface area (Å²) < 4.78 is 0. The highest BCUT2D eigenvalue weighted by Crippen LogP contribution is 2.09. The molecule has 0 amide bonds. The molecule has 1 rings (SSSR count). The maximum Gasteiger partial charge on any atom is 0.0694 e. The first-order valence-electron chi connectivity index (χ1n) is 5.54. The largest absolute Gasteiger partial charge is 0.392 e. The molecule has 2 unspecified atom stereocenters. The molecular formula is C12H21NO. The number of aliphatic hydroxyl groups is 1. The van der Waals surface area contributed by atoms with Crippen LogP contribution in [0.3, 0.4) is 0 Å². The van der Waals surface area contributed by atoms with Gasteiger partial charge in [0.25, 0.3) is 0 Å². The second kappa shape index (κ2) is 6.80. The fourth-order valence-corrected chi connectivity index (χ4v) is 1.63. The molecule has 2 atom stereocenters. The van der Waals surface area contributed by atoms with Crippen LogP contribution in [0.15, 0.2) is 24.3 Å². The molecule has 3 N–H and O–H groups in total. The van der Waals surface area contributed by atoms with E-state index in [0.29, 0.717) is 0 Å². The fourth-order valence-electron chi connectivity index (χ4n) is 1.63. The summed E-state index contributed by atoms with van der Waals surface area (Å²) in [5.41, 5.74) is 5.85. The van der Waals surface area contributed by atoms with Crippen molar-refractivity contribution in [3.05, 3.63) is 24.3 Å². The van der Waals surface area contributed by atoms with Crippen molar-refractivity contribution in [2.24, 2.45) is 5.73 Å². The van der Waals surface area contributed by atoms with Crippen molar-refractivity contribution in [2.75, 3.05) is 0 Å². The highest BCUT2D eigenvalue weighted by Gasteiger charge is 2.12. The molecule has 14 heavy (non-hydrogen) atoms. The van der Waals surface area contributed by atoms with Gasteiger partial charge >= 0.3 is 0 Å². The minimum atomic E-state index is -0.340. The summed E-state index contributed by atoms with van der Waals surface area (Å²) >= 11 is 0. The van der Waals surface area contributed by atoms with Crippen molar-refractivity contribution >= 4 is 0 Å². The molecule has 0 radical (unpaired) electrons. The van der Waals surface area contributed by atoms with Crippen molar-refractivity contribution in [1.29, 1.82) is 0 Å². The van der Waals surface area contributed by atoms with Gasteiger partial charge < -0.3 is 10.8 Å². The Bertz CT molecular complexity index is 176. The minimum Gasteiger partial charge on any atom is -0.392 e. The average molecular weight is 195 g/mol. The zero-order valence-corrected chi connectivity index (χ0v) is 8.73. The first-order chi connectivity index (χ1) is 6.80. The zero-order valence-electron chi connectivity index (χ0n) is 8.73. The number of aliphatic hydroxyl groups excluding tert-OH is 1. The van der Waals surface area contributed by atoms with Crippen molar-refractivity contribution in [3.63, 3.8) is 0 Å². The third-order valence-corrected chi connectivity index (χ3v) is 2.62. The Kier molecular flexibility index (Phi) is 5.57. The highest BCUT2D eigenvalue weighted by atomic mass is 16.3. The van der Waals surface area contributed by atoms with E-state index in [2.05, 4.69) is 24.3 Å². The summed E-state index contributed by atoms with van der Waals surface area (Å²) in [6, 6.07) is -0.0625. The lowest BCUT2D eigenvalue weighted by Gasteiger charge is -2.17. The molecule has 2 heteroatoms. The molecule has 0 aromatic rings. The molecule has 1 aliphatic carbocycles. The van der Waals surface area contributed by atoms with Crippen LogP contribution in [0.5, 0.6) is 0 Å². The van der Waals surface area contributed by atoms with Gasteiger partial charge in [-0.2, -0.15) is 0 Å². The maximum atomic E-state index is 9.68. The Hall–Kier alpha value is -0.600. The van der Waals surface area contributed by atoms with Crippen LogP contribution in [-0.2, 0) is 0 Å². The number of hydrogen-bond acceptors (Lipinski definition) is 2. The molecule has 2 nitrogen and oxygen atoms in total. The van der Waals surface area contributed by atoms with E-state index in [4.69, 9.17) is 5.73 Å². The van der Waals surface area contributed by atoms with E-state index >= 15 is 0 Å². The number of nitrogens with two attached hydrogens (primary N) is 1. The molecule has 0 saturated heterocycles. The smallest absolute Gasteiger partial charge is 0.0694 e. The third-order valence-electron chi connectivity index (χ3n) is 2.62. The summed E-state index contributed by atoms with van der Waals surface area (Å²) in [6.07, 6.45) is 14.2. The Morgan fingerprint density at radius 3 is 2.00 bits per heavy atom. The number of allylic oxidation sites excluding steroid dienone is 4. The monoisotopic (exact) mass is 195 g/mol. The van der Waals surface area contributed by atoms with Crippen LogP contribution in [0.25, 0.3) is 0 Å². The third kappa shape index (κ3) is 4.58. The van der Waals surface area contributed by atoms with Crippen molar-refractivity contribution in [1.82, 2.24) is 0 Å². The molecule has 0 aromatic carbocycles. The van der Waals surface area contributed by atoms with E-state index in [1.807, 2.05) is 0 Å². The van der Waals surface area contributed by atoms with Gasteiger partial charge in [0.05, 0.1) is 6.10 Å². The zero-order chi connectivity index (χ0) is 10.2. The van der Waals surface area contributed by atoms with Gasteiger partial charge in [-0.3, -0.25) is 0 Å². The van der Waals surface area contributed by atoms with E-state index < -0.39 is 0 Å². The van der Waals surface area contributed by atoms with Gasteiger partial charge in [-0.05, 0) is 38.5 Å². The Balaban J connectivity index is 2.41. The molecule has 0 saturated carbocycles.